The van der Waals surface area contributed by atoms with E-state index in [-0.39, 0.29) is 11.9 Å². The minimum Gasteiger partial charge on any atom is -0.379 e. The number of ether oxygens (including phenoxy) is 1. The van der Waals surface area contributed by atoms with Crippen molar-refractivity contribution in [3.05, 3.63) is 18.6 Å². The summed E-state index contributed by atoms with van der Waals surface area (Å²) in [6, 6.07) is 2.05. The molecule has 2 fully saturated rings. The van der Waals surface area contributed by atoms with Crippen LogP contribution in [0.25, 0.3) is 0 Å². The molecule has 0 aliphatic carbocycles. The SMILES string of the molecule is CN(C)C[C@@H]1CN(c2ccncn2)C[C@H]1NC(=O)CN1CCOCC1. The second kappa shape index (κ2) is 8.55. The number of morpholine rings is 1. The first-order chi connectivity index (χ1) is 12.1. The Kier molecular flexibility index (Phi) is 6.17. The van der Waals surface area contributed by atoms with Crippen LogP contribution in [-0.4, -0.2) is 98.3 Å². The highest BCUT2D eigenvalue weighted by Gasteiger charge is 2.34. The number of nitrogens with zero attached hydrogens (tertiary/aromatic N) is 5. The lowest BCUT2D eigenvalue weighted by Crippen LogP contribution is -2.49. The van der Waals surface area contributed by atoms with Gasteiger partial charge < -0.3 is 19.9 Å². The van der Waals surface area contributed by atoms with E-state index in [1.54, 1.807) is 12.5 Å². The highest BCUT2D eigenvalue weighted by Crippen LogP contribution is 2.22. The monoisotopic (exact) mass is 348 g/mol. The summed E-state index contributed by atoms with van der Waals surface area (Å²) in [6.45, 7) is 6.12. The molecule has 25 heavy (non-hydrogen) atoms. The van der Waals surface area contributed by atoms with Crippen LogP contribution >= 0.6 is 0 Å². The quantitative estimate of drug-likeness (QED) is 0.728. The largest absolute Gasteiger partial charge is 0.379 e. The van der Waals surface area contributed by atoms with Crippen LogP contribution in [0.3, 0.4) is 0 Å². The van der Waals surface area contributed by atoms with Gasteiger partial charge in [0.25, 0.3) is 0 Å². The second-order valence-electron chi connectivity index (χ2n) is 7.06. The maximum absolute atomic E-state index is 12.5. The van der Waals surface area contributed by atoms with E-state index in [0.717, 1.165) is 38.5 Å². The lowest BCUT2D eigenvalue weighted by Gasteiger charge is -2.27. The van der Waals surface area contributed by atoms with E-state index in [1.165, 1.54) is 0 Å². The van der Waals surface area contributed by atoms with Gasteiger partial charge in [-0.3, -0.25) is 9.69 Å². The number of carbonyl (C=O) groups is 1. The van der Waals surface area contributed by atoms with Crippen LogP contribution < -0.4 is 10.2 Å². The van der Waals surface area contributed by atoms with Crippen molar-refractivity contribution in [2.45, 2.75) is 6.04 Å². The first kappa shape index (κ1) is 18.0. The van der Waals surface area contributed by atoms with Crippen LogP contribution in [0.5, 0.6) is 0 Å². The zero-order chi connectivity index (χ0) is 17.6. The summed E-state index contributed by atoms with van der Waals surface area (Å²) in [6.07, 6.45) is 3.33. The van der Waals surface area contributed by atoms with Crippen molar-refractivity contribution in [1.82, 2.24) is 25.1 Å². The van der Waals surface area contributed by atoms with E-state index in [1.807, 2.05) is 6.07 Å². The summed E-state index contributed by atoms with van der Waals surface area (Å²) in [5, 5.41) is 3.25. The number of anilines is 1. The molecule has 2 aliphatic heterocycles. The van der Waals surface area contributed by atoms with Crippen molar-refractivity contribution < 1.29 is 9.53 Å². The molecule has 2 aliphatic rings. The standard InChI is InChI=1S/C17H28N6O2/c1-21(2)9-14-10-23(16-3-4-18-13-19-16)11-15(14)20-17(24)12-22-5-7-25-8-6-22/h3-4,13-15H,5-12H2,1-2H3,(H,20,24)/t14-,15-/m1/s1. The Bertz CT molecular complexity index is 549. The summed E-state index contributed by atoms with van der Waals surface area (Å²) in [7, 11) is 4.14. The number of hydrogen-bond donors (Lipinski definition) is 1. The number of hydrogen-bond acceptors (Lipinski definition) is 7. The predicted octanol–water partition coefficient (Wildman–Crippen LogP) is -0.709. The molecule has 138 valence electrons. The summed E-state index contributed by atoms with van der Waals surface area (Å²) in [5.41, 5.74) is 0. The van der Waals surface area contributed by atoms with Gasteiger partial charge in [0.05, 0.1) is 25.8 Å². The number of nitrogens with one attached hydrogen (secondary N) is 1. The van der Waals surface area contributed by atoms with Gasteiger partial charge in [0.2, 0.25) is 5.91 Å². The molecule has 0 unspecified atom stereocenters. The van der Waals surface area contributed by atoms with Crippen LogP contribution in [-0.2, 0) is 9.53 Å². The second-order valence-corrected chi connectivity index (χ2v) is 7.06. The van der Waals surface area contributed by atoms with Gasteiger partial charge in [-0.1, -0.05) is 0 Å². The van der Waals surface area contributed by atoms with Crippen LogP contribution in [0, 0.1) is 5.92 Å². The zero-order valence-electron chi connectivity index (χ0n) is 15.1. The smallest absolute Gasteiger partial charge is 0.234 e. The van der Waals surface area contributed by atoms with Crippen molar-refractivity contribution in [3.63, 3.8) is 0 Å². The molecular formula is C17H28N6O2. The molecule has 1 N–H and O–H groups in total. The van der Waals surface area contributed by atoms with E-state index >= 15 is 0 Å². The Morgan fingerprint density at radius 3 is 2.84 bits per heavy atom. The fourth-order valence-electron chi connectivity index (χ4n) is 3.56. The van der Waals surface area contributed by atoms with Gasteiger partial charge >= 0.3 is 0 Å². The third-order valence-electron chi connectivity index (χ3n) is 4.75. The molecule has 8 heteroatoms. The highest BCUT2D eigenvalue weighted by atomic mass is 16.5. The third-order valence-corrected chi connectivity index (χ3v) is 4.75. The van der Waals surface area contributed by atoms with Crippen molar-refractivity contribution >= 4 is 11.7 Å². The van der Waals surface area contributed by atoms with Gasteiger partial charge in [0.15, 0.2) is 0 Å². The van der Waals surface area contributed by atoms with Gasteiger partial charge in [-0.15, -0.1) is 0 Å². The minimum atomic E-state index is 0.0974. The van der Waals surface area contributed by atoms with Gasteiger partial charge in [-0.05, 0) is 20.2 Å². The van der Waals surface area contributed by atoms with Crippen molar-refractivity contribution in [2.75, 3.05) is 71.5 Å². The molecule has 1 aromatic heterocycles. The highest BCUT2D eigenvalue weighted by molar-refractivity contribution is 5.78. The van der Waals surface area contributed by atoms with Gasteiger partial charge in [-0.2, -0.15) is 0 Å². The van der Waals surface area contributed by atoms with Crippen LogP contribution in [0.15, 0.2) is 18.6 Å². The van der Waals surface area contributed by atoms with Gasteiger partial charge in [0.1, 0.15) is 12.1 Å². The molecule has 3 rings (SSSR count). The van der Waals surface area contributed by atoms with Crippen molar-refractivity contribution in [1.29, 1.82) is 0 Å². The Morgan fingerprint density at radius 1 is 1.36 bits per heavy atom. The minimum absolute atomic E-state index is 0.0974. The molecule has 0 saturated carbocycles. The van der Waals surface area contributed by atoms with E-state index < -0.39 is 0 Å². The molecule has 0 spiro atoms. The Labute approximate surface area is 149 Å². The molecule has 3 heterocycles. The van der Waals surface area contributed by atoms with Crippen LogP contribution in [0.1, 0.15) is 0 Å². The molecule has 2 saturated heterocycles. The Balaban J connectivity index is 1.59. The molecule has 2 atom stereocenters. The lowest BCUT2D eigenvalue weighted by atomic mass is 10.0. The van der Waals surface area contributed by atoms with Crippen molar-refractivity contribution in [2.24, 2.45) is 5.92 Å². The first-order valence-electron chi connectivity index (χ1n) is 8.87. The summed E-state index contributed by atoms with van der Waals surface area (Å²) >= 11 is 0. The van der Waals surface area contributed by atoms with Gasteiger partial charge in [-0.25, -0.2) is 9.97 Å². The average Bonchev–Trinajstić information content (AvgIpc) is 2.98. The average molecular weight is 348 g/mol. The predicted molar refractivity (Wildman–Crippen MR) is 95.5 cm³/mol. The summed E-state index contributed by atoms with van der Waals surface area (Å²) in [4.78, 5) is 27.4. The zero-order valence-corrected chi connectivity index (χ0v) is 15.1. The van der Waals surface area contributed by atoms with Crippen molar-refractivity contribution in [3.8, 4) is 0 Å². The molecule has 8 nitrogen and oxygen atoms in total. The first-order valence-corrected chi connectivity index (χ1v) is 8.87. The Morgan fingerprint density at radius 2 is 2.16 bits per heavy atom. The number of rotatable bonds is 6. The fraction of sp³-hybridized carbons (Fsp3) is 0.706. The van der Waals surface area contributed by atoms with Gasteiger partial charge in [0, 0.05) is 44.8 Å². The molecule has 1 aromatic rings. The molecule has 0 aromatic carbocycles. The summed E-state index contributed by atoms with van der Waals surface area (Å²) < 4.78 is 5.34. The van der Waals surface area contributed by atoms with Crippen LogP contribution in [0.4, 0.5) is 5.82 Å². The Hall–Kier alpha value is -1.77. The maximum atomic E-state index is 12.5. The number of aromatic nitrogens is 2. The van der Waals surface area contributed by atoms with E-state index in [4.69, 9.17) is 4.74 Å². The lowest BCUT2D eigenvalue weighted by molar-refractivity contribution is -0.124. The number of carbonyl (C=O) groups excluding carboxylic acids is 1. The fourth-order valence-corrected chi connectivity index (χ4v) is 3.56. The van der Waals surface area contributed by atoms with E-state index in [2.05, 4.69) is 44.1 Å². The normalized spacial score (nSPS) is 24.7. The molecule has 0 radical (unpaired) electrons. The van der Waals surface area contributed by atoms with E-state index in [9.17, 15) is 4.79 Å². The molecule has 1 amide bonds. The third kappa shape index (κ3) is 5.10. The molecular weight excluding hydrogens is 320 g/mol. The van der Waals surface area contributed by atoms with E-state index in [0.29, 0.717) is 25.7 Å². The maximum Gasteiger partial charge on any atom is 0.234 e. The summed E-state index contributed by atoms with van der Waals surface area (Å²) in [5.74, 6) is 1.39. The van der Waals surface area contributed by atoms with Crippen LogP contribution in [0.2, 0.25) is 0 Å². The topological polar surface area (TPSA) is 73.8 Å². The number of amides is 1. The molecule has 0 bridgehead atoms.